The summed E-state index contributed by atoms with van der Waals surface area (Å²) in [5.41, 5.74) is 2.86. The largest absolute Gasteiger partial charge is 0.490 e. The average molecular weight is 572 g/mol. The molecule has 2 saturated heterocycles. The molecule has 1 aromatic rings. The monoisotopic (exact) mass is 572 g/mol. The highest BCUT2D eigenvalue weighted by molar-refractivity contribution is 14.1. The van der Waals surface area contributed by atoms with Crippen LogP contribution < -0.4 is 20.2 Å². The summed E-state index contributed by atoms with van der Waals surface area (Å²) in [4.78, 5) is 37.9. The molecule has 3 amide bonds. The summed E-state index contributed by atoms with van der Waals surface area (Å²) in [6, 6.07) is 3.49. The number of amides is 3. The standard InChI is InChI=1S/C22H29IN4O6/c1-2-31-18-11-15(10-17(23)20(18)33-14-19(28)27-7-3-4-8-27)12-25-26-22(30)21(29)24-13-16-6-5-9-32-16/h10-12,16H,2-9,13-14H2,1H3,(H,24,29)(H,26,30)/b25-12-/t16-/m0/s1. The number of nitrogens with one attached hydrogen (secondary N) is 2. The molecule has 2 fully saturated rings. The number of halogens is 1. The van der Waals surface area contributed by atoms with Gasteiger partial charge in [0.1, 0.15) is 0 Å². The molecular formula is C22H29IN4O6. The van der Waals surface area contributed by atoms with Crippen LogP contribution in [0.5, 0.6) is 11.5 Å². The van der Waals surface area contributed by atoms with Crippen LogP contribution in [0.3, 0.4) is 0 Å². The highest BCUT2D eigenvalue weighted by Crippen LogP contribution is 2.34. The van der Waals surface area contributed by atoms with Gasteiger partial charge < -0.3 is 24.4 Å². The van der Waals surface area contributed by atoms with Gasteiger partial charge in [-0.15, -0.1) is 0 Å². The molecule has 0 radical (unpaired) electrons. The van der Waals surface area contributed by atoms with Crippen LogP contribution in [0.2, 0.25) is 0 Å². The summed E-state index contributed by atoms with van der Waals surface area (Å²) >= 11 is 2.10. The fourth-order valence-corrected chi connectivity index (χ4v) is 4.35. The molecule has 180 valence electrons. The molecule has 3 rings (SSSR count). The van der Waals surface area contributed by atoms with Crippen molar-refractivity contribution in [2.45, 2.75) is 38.7 Å². The van der Waals surface area contributed by atoms with Crippen molar-refractivity contribution in [2.75, 3.05) is 39.5 Å². The quantitative estimate of drug-likeness (QED) is 0.200. The molecule has 0 aliphatic carbocycles. The molecular weight excluding hydrogens is 543 g/mol. The Morgan fingerprint density at radius 3 is 2.70 bits per heavy atom. The van der Waals surface area contributed by atoms with Crippen LogP contribution in [-0.2, 0) is 19.1 Å². The molecule has 0 bridgehead atoms. The van der Waals surface area contributed by atoms with Crippen LogP contribution >= 0.6 is 22.6 Å². The molecule has 1 aromatic carbocycles. The third kappa shape index (κ3) is 7.56. The van der Waals surface area contributed by atoms with E-state index in [0.29, 0.717) is 36.8 Å². The first kappa shape index (κ1) is 25.2. The summed E-state index contributed by atoms with van der Waals surface area (Å²) in [6.45, 7) is 4.72. The number of nitrogens with zero attached hydrogens (tertiary/aromatic N) is 2. The molecule has 10 nitrogen and oxygen atoms in total. The SMILES string of the molecule is CCOc1cc(/C=N\NC(=O)C(=O)NC[C@@H]2CCCO2)cc(I)c1OCC(=O)N1CCCC1. The lowest BCUT2D eigenvalue weighted by atomic mass is 10.2. The molecule has 2 heterocycles. The van der Waals surface area contributed by atoms with Crippen molar-refractivity contribution < 1.29 is 28.6 Å². The van der Waals surface area contributed by atoms with Crippen LogP contribution in [0, 0.1) is 3.57 Å². The normalized spacial score (nSPS) is 17.9. The maximum absolute atomic E-state index is 12.3. The van der Waals surface area contributed by atoms with Crippen molar-refractivity contribution in [2.24, 2.45) is 5.10 Å². The topological polar surface area (TPSA) is 119 Å². The van der Waals surface area contributed by atoms with Crippen molar-refractivity contribution >= 4 is 46.5 Å². The fourth-order valence-electron chi connectivity index (χ4n) is 3.57. The van der Waals surface area contributed by atoms with Crippen LogP contribution in [0.15, 0.2) is 17.2 Å². The van der Waals surface area contributed by atoms with Gasteiger partial charge in [-0.2, -0.15) is 5.10 Å². The Labute approximate surface area is 206 Å². The van der Waals surface area contributed by atoms with Gasteiger partial charge in [0, 0.05) is 26.2 Å². The van der Waals surface area contributed by atoms with Gasteiger partial charge in [-0.1, -0.05) is 0 Å². The van der Waals surface area contributed by atoms with E-state index in [-0.39, 0.29) is 18.6 Å². The number of benzene rings is 1. The second-order valence-electron chi connectivity index (χ2n) is 7.68. The Morgan fingerprint density at radius 1 is 1.21 bits per heavy atom. The fraction of sp³-hybridized carbons (Fsp3) is 0.545. The Balaban J connectivity index is 1.55. The van der Waals surface area contributed by atoms with E-state index >= 15 is 0 Å². The van der Waals surface area contributed by atoms with Gasteiger partial charge in [0.25, 0.3) is 5.91 Å². The summed E-state index contributed by atoms with van der Waals surface area (Å²) in [5.74, 6) is -0.708. The number of hydrogen-bond acceptors (Lipinski definition) is 7. The van der Waals surface area contributed by atoms with E-state index in [1.165, 1.54) is 6.21 Å². The van der Waals surface area contributed by atoms with E-state index in [4.69, 9.17) is 14.2 Å². The van der Waals surface area contributed by atoms with Crippen molar-refractivity contribution in [3.8, 4) is 11.5 Å². The third-order valence-corrected chi connectivity index (χ3v) is 6.03. The van der Waals surface area contributed by atoms with Gasteiger partial charge in [0.2, 0.25) is 0 Å². The molecule has 0 unspecified atom stereocenters. The Morgan fingerprint density at radius 2 is 2.00 bits per heavy atom. The van der Waals surface area contributed by atoms with Crippen LogP contribution in [0.1, 0.15) is 38.2 Å². The van der Waals surface area contributed by atoms with Gasteiger partial charge in [-0.25, -0.2) is 5.43 Å². The number of ether oxygens (including phenoxy) is 3. The molecule has 11 heteroatoms. The first-order valence-corrected chi connectivity index (χ1v) is 12.2. The summed E-state index contributed by atoms with van der Waals surface area (Å²) in [7, 11) is 0. The predicted molar refractivity (Wildman–Crippen MR) is 129 cm³/mol. The third-order valence-electron chi connectivity index (χ3n) is 5.23. The minimum Gasteiger partial charge on any atom is -0.490 e. The lowest BCUT2D eigenvalue weighted by Crippen LogP contribution is -2.41. The summed E-state index contributed by atoms with van der Waals surface area (Å²) in [5, 5.41) is 6.40. The van der Waals surface area contributed by atoms with Gasteiger partial charge in [0.05, 0.1) is 22.5 Å². The van der Waals surface area contributed by atoms with E-state index in [9.17, 15) is 14.4 Å². The second-order valence-corrected chi connectivity index (χ2v) is 8.85. The zero-order chi connectivity index (χ0) is 23.6. The van der Waals surface area contributed by atoms with Gasteiger partial charge in [-0.3, -0.25) is 14.4 Å². The lowest BCUT2D eigenvalue weighted by molar-refractivity contribution is -0.139. The minimum absolute atomic E-state index is 0.0446. The minimum atomic E-state index is -0.857. The molecule has 2 aliphatic heterocycles. The average Bonchev–Trinajstić information content (AvgIpc) is 3.51. The number of carbonyl (C=O) groups excluding carboxylic acids is 3. The number of likely N-dealkylation sites (tertiary alicyclic amines) is 1. The molecule has 33 heavy (non-hydrogen) atoms. The van der Waals surface area contributed by atoms with Crippen molar-refractivity contribution in [1.29, 1.82) is 0 Å². The van der Waals surface area contributed by atoms with E-state index in [1.807, 2.05) is 6.92 Å². The molecule has 0 saturated carbocycles. The number of hydrogen-bond donors (Lipinski definition) is 2. The van der Waals surface area contributed by atoms with Gasteiger partial charge in [0.15, 0.2) is 18.1 Å². The maximum Gasteiger partial charge on any atom is 0.329 e. The second kappa shape index (κ2) is 12.7. The summed E-state index contributed by atoms with van der Waals surface area (Å²) < 4.78 is 17.6. The van der Waals surface area contributed by atoms with E-state index in [1.54, 1.807) is 17.0 Å². The van der Waals surface area contributed by atoms with Gasteiger partial charge in [-0.05, 0) is 72.9 Å². The van der Waals surface area contributed by atoms with E-state index in [0.717, 1.165) is 42.3 Å². The first-order valence-electron chi connectivity index (χ1n) is 11.1. The number of rotatable bonds is 9. The molecule has 2 aliphatic rings. The molecule has 0 spiro atoms. The smallest absolute Gasteiger partial charge is 0.329 e. The van der Waals surface area contributed by atoms with Crippen LogP contribution in [-0.4, -0.2) is 74.4 Å². The Bertz CT molecular complexity index is 882. The first-order chi connectivity index (χ1) is 16.0. The lowest BCUT2D eigenvalue weighted by Gasteiger charge is -2.18. The van der Waals surface area contributed by atoms with Crippen molar-refractivity contribution in [1.82, 2.24) is 15.6 Å². The zero-order valence-electron chi connectivity index (χ0n) is 18.6. The van der Waals surface area contributed by atoms with Crippen LogP contribution in [0.25, 0.3) is 0 Å². The van der Waals surface area contributed by atoms with Crippen molar-refractivity contribution in [3.05, 3.63) is 21.3 Å². The summed E-state index contributed by atoms with van der Waals surface area (Å²) in [6.07, 6.45) is 5.24. The molecule has 2 N–H and O–H groups in total. The number of carbonyl (C=O) groups is 3. The highest BCUT2D eigenvalue weighted by Gasteiger charge is 2.21. The maximum atomic E-state index is 12.3. The molecule has 1 atom stereocenters. The number of hydrazone groups is 1. The van der Waals surface area contributed by atoms with Gasteiger partial charge >= 0.3 is 11.8 Å². The zero-order valence-corrected chi connectivity index (χ0v) is 20.8. The predicted octanol–water partition coefficient (Wildman–Crippen LogP) is 1.44. The Hall–Kier alpha value is -2.41. The van der Waals surface area contributed by atoms with Crippen molar-refractivity contribution in [3.63, 3.8) is 0 Å². The molecule has 0 aromatic heterocycles. The van der Waals surface area contributed by atoms with E-state index < -0.39 is 11.8 Å². The van der Waals surface area contributed by atoms with Crippen LogP contribution in [0.4, 0.5) is 0 Å². The highest BCUT2D eigenvalue weighted by atomic mass is 127. The van der Waals surface area contributed by atoms with E-state index in [2.05, 4.69) is 38.4 Å². The Kier molecular flexibility index (Phi) is 9.73.